The second-order valence-electron chi connectivity index (χ2n) is 9.37. The Labute approximate surface area is 202 Å². The quantitative estimate of drug-likeness (QED) is 0.475. The van der Waals surface area contributed by atoms with Gasteiger partial charge in [0.1, 0.15) is 11.4 Å². The fourth-order valence-corrected chi connectivity index (χ4v) is 3.84. The molecular weight excluding hydrogens is 438 g/mol. The van der Waals surface area contributed by atoms with Crippen molar-refractivity contribution in [2.75, 3.05) is 0 Å². The van der Waals surface area contributed by atoms with Gasteiger partial charge in [-0.2, -0.15) is 0 Å². The minimum absolute atomic E-state index is 0.0584. The molecular formula is C25H39N3O6. The van der Waals surface area contributed by atoms with E-state index in [4.69, 9.17) is 9.47 Å². The lowest BCUT2D eigenvalue weighted by Crippen LogP contribution is -2.47. The molecule has 2 unspecified atom stereocenters. The summed E-state index contributed by atoms with van der Waals surface area (Å²) < 4.78 is 10.6. The SMILES string of the molecule is CC(OC(=O)c1cccc(C(=O)OC(C)C(=O)N(C(C)C)C(C)C)n1)C(=O)N(C(C)C)C(C)C. The third-order valence-electron chi connectivity index (χ3n) is 5.16. The van der Waals surface area contributed by atoms with Crippen LogP contribution in [-0.2, 0) is 19.1 Å². The Kier molecular flexibility index (Phi) is 10.7. The molecule has 190 valence electrons. The summed E-state index contributed by atoms with van der Waals surface area (Å²) in [4.78, 5) is 57.9. The third kappa shape index (κ3) is 7.53. The van der Waals surface area contributed by atoms with Crippen molar-refractivity contribution in [2.45, 2.75) is 106 Å². The fourth-order valence-electron chi connectivity index (χ4n) is 3.84. The average molecular weight is 478 g/mol. The first kappa shape index (κ1) is 29.1. The lowest BCUT2D eigenvalue weighted by molar-refractivity contribution is -0.144. The number of carbonyl (C=O) groups excluding carboxylic acids is 4. The zero-order chi connectivity index (χ0) is 26.3. The Balaban J connectivity index is 2.93. The molecule has 0 bridgehead atoms. The molecule has 1 aromatic heterocycles. The number of ether oxygens (including phenoxy) is 2. The number of aromatic nitrogens is 1. The van der Waals surface area contributed by atoms with Crippen molar-refractivity contribution < 1.29 is 28.7 Å². The number of nitrogens with zero attached hydrogens (tertiary/aromatic N) is 3. The van der Waals surface area contributed by atoms with E-state index in [0.717, 1.165) is 0 Å². The number of pyridine rings is 1. The molecule has 1 rings (SSSR count). The number of rotatable bonds is 10. The Hall–Kier alpha value is -2.97. The second kappa shape index (κ2) is 12.5. The predicted molar refractivity (Wildman–Crippen MR) is 128 cm³/mol. The molecule has 0 saturated carbocycles. The zero-order valence-electron chi connectivity index (χ0n) is 22.0. The lowest BCUT2D eigenvalue weighted by Gasteiger charge is -2.32. The molecule has 0 N–H and O–H groups in total. The summed E-state index contributed by atoms with van der Waals surface area (Å²) >= 11 is 0. The lowest BCUT2D eigenvalue weighted by atomic mass is 10.2. The van der Waals surface area contributed by atoms with Crippen molar-refractivity contribution in [3.05, 3.63) is 29.6 Å². The Morgan fingerprint density at radius 3 is 1.18 bits per heavy atom. The molecule has 0 aromatic carbocycles. The van der Waals surface area contributed by atoms with Crippen LogP contribution < -0.4 is 0 Å². The Morgan fingerprint density at radius 1 is 0.618 bits per heavy atom. The molecule has 9 nitrogen and oxygen atoms in total. The van der Waals surface area contributed by atoms with Crippen molar-refractivity contribution in [3.8, 4) is 0 Å². The van der Waals surface area contributed by atoms with Gasteiger partial charge in [-0.3, -0.25) is 9.59 Å². The van der Waals surface area contributed by atoms with E-state index in [1.165, 1.54) is 32.0 Å². The van der Waals surface area contributed by atoms with Crippen molar-refractivity contribution in [1.82, 2.24) is 14.8 Å². The summed E-state index contributed by atoms with van der Waals surface area (Å²) in [7, 11) is 0. The smallest absolute Gasteiger partial charge is 0.357 e. The van der Waals surface area contributed by atoms with Crippen LogP contribution in [0.4, 0.5) is 0 Å². The largest absolute Gasteiger partial charge is 0.448 e. The van der Waals surface area contributed by atoms with E-state index in [2.05, 4.69) is 4.98 Å². The summed E-state index contributed by atoms with van der Waals surface area (Å²) in [5, 5.41) is 0. The van der Waals surface area contributed by atoms with E-state index in [0.29, 0.717) is 0 Å². The molecule has 0 spiro atoms. The minimum atomic E-state index is -1.02. The number of esters is 2. The van der Waals surface area contributed by atoms with Gasteiger partial charge in [0, 0.05) is 24.2 Å². The monoisotopic (exact) mass is 477 g/mol. The molecule has 0 aliphatic heterocycles. The van der Waals surface area contributed by atoms with Gasteiger partial charge in [0.25, 0.3) is 11.8 Å². The van der Waals surface area contributed by atoms with Gasteiger partial charge in [0.15, 0.2) is 12.2 Å². The maximum atomic E-state index is 12.7. The van der Waals surface area contributed by atoms with Gasteiger partial charge < -0.3 is 19.3 Å². The summed E-state index contributed by atoms with van der Waals surface area (Å²) in [5.74, 6) is -2.31. The highest BCUT2D eigenvalue weighted by Crippen LogP contribution is 2.13. The van der Waals surface area contributed by atoms with Crippen LogP contribution in [0.2, 0.25) is 0 Å². The molecule has 2 atom stereocenters. The normalized spacial score (nSPS) is 13.1. The van der Waals surface area contributed by atoms with E-state index in [9.17, 15) is 19.2 Å². The van der Waals surface area contributed by atoms with Crippen LogP contribution >= 0.6 is 0 Å². The van der Waals surface area contributed by atoms with Crippen LogP contribution in [0.15, 0.2) is 18.2 Å². The van der Waals surface area contributed by atoms with Gasteiger partial charge in [-0.05, 0) is 81.4 Å². The standard InChI is InChI=1S/C25H39N3O6/c1-14(2)27(15(3)4)22(29)18(9)33-24(31)20-12-11-13-21(26-20)25(32)34-19(10)23(30)28(16(5)6)17(7)8/h11-19H,1-10H3. The number of carbonyl (C=O) groups is 4. The highest BCUT2D eigenvalue weighted by molar-refractivity contribution is 5.94. The molecule has 0 saturated heterocycles. The molecule has 9 heteroatoms. The molecule has 0 radical (unpaired) electrons. The number of amides is 2. The third-order valence-corrected chi connectivity index (χ3v) is 5.16. The van der Waals surface area contributed by atoms with E-state index < -0.39 is 24.1 Å². The summed E-state index contributed by atoms with van der Waals surface area (Å²) in [6.07, 6.45) is -2.05. The van der Waals surface area contributed by atoms with Crippen molar-refractivity contribution in [3.63, 3.8) is 0 Å². The van der Waals surface area contributed by atoms with E-state index in [1.54, 1.807) is 9.80 Å². The molecule has 0 aliphatic rings. The first-order chi connectivity index (χ1) is 15.7. The summed E-state index contributed by atoms with van der Waals surface area (Å²) in [5.41, 5.74) is -0.278. The molecule has 0 fully saturated rings. The van der Waals surface area contributed by atoms with E-state index in [-0.39, 0.29) is 47.4 Å². The Morgan fingerprint density at radius 2 is 0.912 bits per heavy atom. The minimum Gasteiger partial charge on any atom is -0.448 e. The van der Waals surface area contributed by atoms with Crippen LogP contribution in [0, 0.1) is 0 Å². The van der Waals surface area contributed by atoms with E-state index >= 15 is 0 Å². The van der Waals surface area contributed by atoms with Crippen molar-refractivity contribution in [2.24, 2.45) is 0 Å². The first-order valence-electron chi connectivity index (χ1n) is 11.7. The van der Waals surface area contributed by atoms with Crippen LogP contribution in [0.3, 0.4) is 0 Å². The highest BCUT2D eigenvalue weighted by Gasteiger charge is 2.30. The van der Waals surface area contributed by atoms with Crippen molar-refractivity contribution >= 4 is 23.8 Å². The number of hydrogen-bond donors (Lipinski definition) is 0. The fraction of sp³-hybridized carbons (Fsp3) is 0.640. The first-order valence-corrected chi connectivity index (χ1v) is 11.7. The average Bonchev–Trinajstić information content (AvgIpc) is 2.72. The molecule has 2 amide bonds. The second-order valence-corrected chi connectivity index (χ2v) is 9.37. The highest BCUT2D eigenvalue weighted by atomic mass is 16.6. The Bertz CT molecular complexity index is 798. The molecule has 0 aliphatic carbocycles. The topological polar surface area (TPSA) is 106 Å². The van der Waals surface area contributed by atoms with Gasteiger partial charge in [0.2, 0.25) is 0 Å². The molecule has 1 aromatic rings. The number of hydrogen-bond acceptors (Lipinski definition) is 7. The maximum absolute atomic E-state index is 12.7. The van der Waals surface area contributed by atoms with Crippen LogP contribution in [0.5, 0.6) is 0 Å². The van der Waals surface area contributed by atoms with Gasteiger partial charge in [-0.25, -0.2) is 14.6 Å². The van der Waals surface area contributed by atoms with Crippen LogP contribution in [0.25, 0.3) is 0 Å². The maximum Gasteiger partial charge on any atom is 0.357 e. The summed E-state index contributed by atoms with van der Waals surface area (Å²) in [6.45, 7) is 18.1. The van der Waals surface area contributed by atoms with E-state index in [1.807, 2.05) is 55.4 Å². The van der Waals surface area contributed by atoms with Crippen molar-refractivity contribution in [1.29, 1.82) is 0 Å². The zero-order valence-corrected chi connectivity index (χ0v) is 22.0. The predicted octanol–water partition coefficient (Wildman–Crippen LogP) is 3.46. The van der Waals surface area contributed by atoms with Gasteiger partial charge in [-0.1, -0.05) is 6.07 Å². The summed E-state index contributed by atoms with van der Waals surface area (Å²) in [6, 6.07) is 3.99. The van der Waals surface area contributed by atoms with Crippen LogP contribution in [-0.4, -0.2) is 74.9 Å². The van der Waals surface area contributed by atoms with Gasteiger partial charge >= 0.3 is 11.9 Å². The van der Waals surface area contributed by atoms with Gasteiger partial charge in [0.05, 0.1) is 0 Å². The van der Waals surface area contributed by atoms with Gasteiger partial charge in [-0.15, -0.1) is 0 Å². The molecule has 1 heterocycles. The molecule has 34 heavy (non-hydrogen) atoms. The van der Waals surface area contributed by atoms with Crippen LogP contribution in [0.1, 0.15) is 90.2 Å².